The van der Waals surface area contributed by atoms with Gasteiger partial charge < -0.3 is 4.42 Å². The maximum absolute atomic E-state index is 12.1. The average molecular weight is 385 g/mol. The molecule has 0 aliphatic carbocycles. The lowest BCUT2D eigenvalue weighted by Crippen LogP contribution is -2.42. The number of carbonyl (C=O) groups excluding carboxylic acids is 2. The van der Waals surface area contributed by atoms with Crippen molar-refractivity contribution >= 4 is 33.3 Å². The number of rotatable bonds is 5. The third-order valence-electron chi connectivity index (χ3n) is 3.37. The lowest BCUT2D eigenvalue weighted by molar-refractivity contribution is -0.121. The third kappa shape index (κ3) is 5.07. The first kappa shape index (κ1) is 19.0. The van der Waals surface area contributed by atoms with Crippen molar-refractivity contribution in [3.63, 3.8) is 0 Å². The number of aryl methyl sites for hydroxylation is 2. The summed E-state index contributed by atoms with van der Waals surface area (Å²) in [6, 6.07) is 7.22. The number of hydrogen-bond donors (Lipinski definition) is 2. The molecule has 2 rings (SSSR count). The minimum absolute atomic E-state index is 0.0817. The molecule has 0 saturated carbocycles. The van der Waals surface area contributed by atoms with E-state index in [2.05, 4.69) is 10.9 Å². The topological polar surface area (TPSA) is 105 Å². The molecule has 0 aliphatic heterocycles. The van der Waals surface area contributed by atoms with Gasteiger partial charge in [0.25, 0.3) is 5.91 Å². The maximum atomic E-state index is 12.1. The van der Waals surface area contributed by atoms with Crippen LogP contribution >= 0.6 is 11.6 Å². The molecule has 0 fully saturated rings. The summed E-state index contributed by atoms with van der Waals surface area (Å²) in [7, 11) is -3.61. The highest BCUT2D eigenvalue weighted by Crippen LogP contribution is 2.16. The molecule has 1 aromatic heterocycles. The Morgan fingerprint density at radius 3 is 2.32 bits per heavy atom. The van der Waals surface area contributed by atoms with Crippen LogP contribution in [0.3, 0.4) is 0 Å². The summed E-state index contributed by atoms with van der Waals surface area (Å²) in [4.78, 5) is 23.8. The molecule has 7 nitrogen and oxygen atoms in total. The Morgan fingerprint density at radius 1 is 1.12 bits per heavy atom. The molecule has 1 aromatic carbocycles. The van der Waals surface area contributed by atoms with E-state index in [4.69, 9.17) is 16.0 Å². The van der Waals surface area contributed by atoms with Crippen molar-refractivity contribution in [1.82, 2.24) is 10.9 Å². The summed E-state index contributed by atoms with van der Waals surface area (Å²) >= 11 is 5.72. The van der Waals surface area contributed by atoms with Crippen molar-refractivity contribution in [1.29, 1.82) is 0 Å². The van der Waals surface area contributed by atoms with Crippen LogP contribution in [0.1, 0.15) is 28.3 Å². The zero-order chi connectivity index (χ0) is 18.6. The lowest BCUT2D eigenvalue weighted by Gasteiger charge is -2.07. The smallest absolute Gasteiger partial charge is 0.273 e. The summed E-state index contributed by atoms with van der Waals surface area (Å²) < 4.78 is 29.5. The van der Waals surface area contributed by atoms with Crippen molar-refractivity contribution in [2.75, 3.05) is 5.75 Å². The molecule has 0 radical (unpaired) electrons. The summed E-state index contributed by atoms with van der Waals surface area (Å²) in [5.41, 5.74) is 4.71. The van der Waals surface area contributed by atoms with Gasteiger partial charge >= 0.3 is 0 Å². The van der Waals surface area contributed by atoms with Gasteiger partial charge in [-0.05, 0) is 44.2 Å². The van der Waals surface area contributed by atoms with E-state index in [0.29, 0.717) is 22.1 Å². The van der Waals surface area contributed by atoms with Crippen LogP contribution in [-0.4, -0.2) is 26.0 Å². The Bertz CT molecular complexity index is 888. The molecular formula is C16H17ClN2O5S. The van der Waals surface area contributed by atoms with Crippen LogP contribution in [0.2, 0.25) is 5.02 Å². The van der Waals surface area contributed by atoms with Gasteiger partial charge in [0.1, 0.15) is 11.5 Å². The zero-order valence-electron chi connectivity index (χ0n) is 13.6. The number of carbonyl (C=O) groups is 2. The summed E-state index contributed by atoms with van der Waals surface area (Å²) in [6.07, 6.45) is -0.297. The molecule has 0 bridgehead atoms. The van der Waals surface area contributed by atoms with E-state index in [1.165, 1.54) is 24.3 Å². The normalized spacial score (nSPS) is 11.2. The van der Waals surface area contributed by atoms with E-state index in [1.54, 1.807) is 19.9 Å². The van der Waals surface area contributed by atoms with Gasteiger partial charge in [0, 0.05) is 11.4 Å². The van der Waals surface area contributed by atoms with E-state index >= 15 is 0 Å². The van der Waals surface area contributed by atoms with Crippen LogP contribution < -0.4 is 10.9 Å². The Kier molecular flexibility index (Phi) is 5.86. The van der Waals surface area contributed by atoms with Gasteiger partial charge in [0.15, 0.2) is 9.84 Å². The number of halogens is 1. The monoisotopic (exact) mass is 384 g/mol. The SMILES string of the molecule is Cc1cc(C(=O)NNC(=O)CCS(=O)(=O)c2ccc(Cl)cc2)c(C)o1. The predicted molar refractivity (Wildman–Crippen MR) is 91.9 cm³/mol. The largest absolute Gasteiger partial charge is 0.466 e. The molecular weight excluding hydrogens is 368 g/mol. The van der Waals surface area contributed by atoms with Gasteiger partial charge in [-0.15, -0.1) is 0 Å². The molecule has 9 heteroatoms. The number of hydrazine groups is 1. The number of furan rings is 1. The van der Waals surface area contributed by atoms with E-state index in [1.807, 2.05) is 0 Å². The van der Waals surface area contributed by atoms with Crippen LogP contribution in [0, 0.1) is 13.8 Å². The Hall–Kier alpha value is -2.32. The first-order valence-corrected chi connectivity index (χ1v) is 9.36. The second kappa shape index (κ2) is 7.71. The van der Waals surface area contributed by atoms with Gasteiger partial charge in [-0.2, -0.15) is 0 Å². The lowest BCUT2D eigenvalue weighted by atomic mass is 10.2. The maximum Gasteiger partial charge on any atom is 0.273 e. The molecule has 0 unspecified atom stereocenters. The van der Waals surface area contributed by atoms with Crippen LogP contribution in [0.25, 0.3) is 0 Å². The molecule has 0 spiro atoms. The summed E-state index contributed by atoms with van der Waals surface area (Å²) in [6.45, 7) is 3.33. The Labute approximate surface area is 150 Å². The van der Waals surface area contributed by atoms with E-state index in [9.17, 15) is 18.0 Å². The van der Waals surface area contributed by atoms with Gasteiger partial charge in [-0.3, -0.25) is 20.4 Å². The van der Waals surface area contributed by atoms with Crippen molar-refractivity contribution in [3.8, 4) is 0 Å². The predicted octanol–water partition coefficient (Wildman–Crippen LogP) is 2.17. The van der Waals surface area contributed by atoms with Crippen LogP contribution in [0.15, 0.2) is 39.6 Å². The van der Waals surface area contributed by atoms with Gasteiger partial charge in [-0.25, -0.2) is 8.42 Å². The highest BCUT2D eigenvalue weighted by atomic mass is 35.5. The second-order valence-electron chi connectivity index (χ2n) is 5.35. The minimum Gasteiger partial charge on any atom is -0.466 e. The minimum atomic E-state index is -3.61. The highest BCUT2D eigenvalue weighted by Gasteiger charge is 2.18. The summed E-state index contributed by atoms with van der Waals surface area (Å²) in [5.74, 6) is -0.551. The molecule has 25 heavy (non-hydrogen) atoms. The van der Waals surface area contributed by atoms with Crippen LogP contribution in [0.5, 0.6) is 0 Å². The molecule has 0 aliphatic rings. The Morgan fingerprint density at radius 2 is 1.76 bits per heavy atom. The van der Waals surface area contributed by atoms with E-state index in [-0.39, 0.29) is 17.1 Å². The number of benzene rings is 1. The number of hydrogen-bond acceptors (Lipinski definition) is 5. The first-order valence-electron chi connectivity index (χ1n) is 7.33. The van der Waals surface area contributed by atoms with E-state index < -0.39 is 21.7 Å². The van der Waals surface area contributed by atoms with Crippen LogP contribution in [0.4, 0.5) is 0 Å². The molecule has 2 amide bonds. The van der Waals surface area contributed by atoms with Gasteiger partial charge in [0.05, 0.1) is 16.2 Å². The summed E-state index contributed by atoms with van der Waals surface area (Å²) in [5, 5.41) is 0.421. The fourth-order valence-electron chi connectivity index (χ4n) is 2.10. The molecule has 0 saturated heterocycles. The molecule has 134 valence electrons. The first-order chi connectivity index (χ1) is 11.7. The van der Waals surface area contributed by atoms with Crippen LogP contribution in [-0.2, 0) is 14.6 Å². The highest BCUT2D eigenvalue weighted by molar-refractivity contribution is 7.91. The quantitative estimate of drug-likeness (QED) is 0.768. The van der Waals surface area contributed by atoms with Crippen molar-refractivity contribution in [2.45, 2.75) is 25.2 Å². The number of sulfone groups is 1. The van der Waals surface area contributed by atoms with E-state index in [0.717, 1.165) is 0 Å². The molecule has 2 N–H and O–H groups in total. The fourth-order valence-corrected chi connectivity index (χ4v) is 3.47. The molecule has 2 aromatic rings. The average Bonchev–Trinajstić information content (AvgIpc) is 2.89. The second-order valence-corrected chi connectivity index (χ2v) is 7.90. The third-order valence-corrected chi connectivity index (χ3v) is 5.36. The standard InChI is InChI=1S/C16H17ClN2O5S/c1-10-9-14(11(2)24-10)16(21)19-18-15(20)7-8-25(22,23)13-5-3-12(17)4-6-13/h3-6,9H,7-8H2,1-2H3,(H,18,20)(H,19,21). The van der Waals surface area contributed by atoms with Crippen molar-refractivity contribution in [3.05, 3.63) is 52.4 Å². The van der Waals surface area contributed by atoms with Gasteiger partial charge in [0.2, 0.25) is 5.91 Å². The van der Waals surface area contributed by atoms with Gasteiger partial charge in [-0.1, -0.05) is 11.6 Å². The number of nitrogens with one attached hydrogen (secondary N) is 2. The zero-order valence-corrected chi connectivity index (χ0v) is 15.2. The number of amides is 2. The van der Waals surface area contributed by atoms with Crippen molar-refractivity contribution < 1.29 is 22.4 Å². The molecule has 1 heterocycles. The molecule has 0 atom stereocenters. The Balaban J connectivity index is 1.87. The van der Waals surface area contributed by atoms with Crippen molar-refractivity contribution in [2.24, 2.45) is 0 Å². The fraction of sp³-hybridized carbons (Fsp3) is 0.250.